The molecule has 7 heteroatoms. The Balaban J connectivity index is 1.64. The third kappa shape index (κ3) is 4.05. The van der Waals surface area contributed by atoms with Crippen LogP contribution in [0.15, 0.2) is 48.5 Å². The Hall–Kier alpha value is -3.56. The summed E-state index contributed by atoms with van der Waals surface area (Å²) < 4.78 is 0. The fourth-order valence-electron chi connectivity index (χ4n) is 3.81. The van der Waals surface area contributed by atoms with Crippen molar-refractivity contribution in [2.75, 3.05) is 19.6 Å². The van der Waals surface area contributed by atoms with Crippen LogP contribution in [0.5, 0.6) is 0 Å². The Kier molecular flexibility index (Phi) is 5.53. The summed E-state index contributed by atoms with van der Waals surface area (Å²) in [5.74, 6) is 2.43. The van der Waals surface area contributed by atoms with Gasteiger partial charge in [-0.05, 0) is 37.3 Å². The zero-order chi connectivity index (χ0) is 22.1. The van der Waals surface area contributed by atoms with Crippen LogP contribution in [0.1, 0.15) is 22.8 Å². The monoisotopic (exact) mass is 433 g/mol. The lowest BCUT2D eigenvalue weighted by atomic mass is 10.1. The maximum Gasteiger partial charge on any atom is 0.407 e. The highest BCUT2D eigenvalue weighted by Crippen LogP contribution is 2.29. The molecule has 2 aromatic carbocycles. The number of pyridine rings is 1. The first-order valence-electron chi connectivity index (χ1n) is 9.83. The Bertz CT molecular complexity index is 1220. The van der Waals surface area contributed by atoms with Crippen molar-refractivity contribution in [3.63, 3.8) is 0 Å². The predicted octanol–water partition coefficient (Wildman–Crippen LogP) is 4.36. The molecule has 1 aliphatic heterocycles. The van der Waals surface area contributed by atoms with Gasteiger partial charge in [0.25, 0.3) is 5.91 Å². The molecule has 1 aromatic heterocycles. The van der Waals surface area contributed by atoms with Crippen molar-refractivity contribution in [3.05, 3.63) is 64.7 Å². The number of terminal acetylenes is 1. The van der Waals surface area contributed by atoms with Crippen LogP contribution in [0.4, 0.5) is 4.79 Å². The van der Waals surface area contributed by atoms with Crippen molar-refractivity contribution in [3.8, 4) is 23.6 Å². The molecule has 6 nitrogen and oxygen atoms in total. The average Bonchev–Trinajstić information content (AvgIpc) is 2.77. The Morgan fingerprint density at radius 3 is 2.55 bits per heavy atom. The first-order valence-corrected chi connectivity index (χ1v) is 10.2. The van der Waals surface area contributed by atoms with E-state index in [1.165, 1.54) is 4.90 Å². The van der Waals surface area contributed by atoms with Gasteiger partial charge in [0.15, 0.2) is 0 Å². The van der Waals surface area contributed by atoms with E-state index in [1.54, 1.807) is 36.1 Å². The molecule has 0 bridgehead atoms. The van der Waals surface area contributed by atoms with E-state index < -0.39 is 6.09 Å². The van der Waals surface area contributed by atoms with Crippen molar-refractivity contribution in [2.45, 2.75) is 13.0 Å². The van der Waals surface area contributed by atoms with Crippen molar-refractivity contribution in [1.29, 1.82) is 0 Å². The minimum absolute atomic E-state index is 0.152. The Morgan fingerprint density at radius 1 is 1.16 bits per heavy atom. The smallest absolute Gasteiger partial charge is 0.407 e. The number of amides is 2. The highest BCUT2D eigenvalue weighted by atomic mass is 35.5. The number of fused-ring (bicyclic) bond motifs is 1. The van der Waals surface area contributed by atoms with Crippen molar-refractivity contribution >= 4 is 34.5 Å². The minimum atomic E-state index is -0.966. The SMILES string of the molecule is C#Cc1ccc(-c2cc(Cl)c3ccc(C(=O)N4CCN(C(=O)O)[C@H](C)C4)cc3n2)cc1. The van der Waals surface area contributed by atoms with Gasteiger partial charge in [-0.3, -0.25) is 4.79 Å². The van der Waals surface area contributed by atoms with Gasteiger partial charge in [-0.15, -0.1) is 6.42 Å². The zero-order valence-corrected chi connectivity index (χ0v) is 17.6. The van der Waals surface area contributed by atoms with E-state index in [2.05, 4.69) is 5.92 Å². The van der Waals surface area contributed by atoms with E-state index in [0.29, 0.717) is 34.9 Å². The van der Waals surface area contributed by atoms with E-state index >= 15 is 0 Å². The van der Waals surface area contributed by atoms with E-state index in [9.17, 15) is 14.7 Å². The van der Waals surface area contributed by atoms with Crippen LogP contribution < -0.4 is 0 Å². The molecule has 1 saturated heterocycles. The van der Waals surface area contributed by atoms with Crippen LogP contribution in [0, 0.1) is 12.3 Å². The molecule has 2 amide bonds. The highest BCUT2D eigenvalue weighted by molar-refractivity contribution is 6.35. The molecule has 0 spiro atoms. The van der Waals surface area contributed by atoms with Gasteiger partial charge in [0.1, 0.15) is 0 Å². The Labute approximate surface area is 185 Å². The summed E-state index contributed by atoms with van der Waals surface area (Å²) >= 11 is 6.49. The summed E-state index contributed by atoms with van der Waals surface area (Å²) in [6.45, 7) is 2.78. The maximum absolute atomic E-state index is 13.1. The van der Waals surface area contributed by atoms with Gasteiger partial charge in [-0.2, -0.15) is 0 Å². The van der Waals surface area contributed by atoms with E-state index in [-0.39, 0.29) is 18.5 Å². The summed E-state index contributed by atoms with van der Waals surface area (Å²) in [6.07, 6.45) is 4.45. The zero-order valence-electron chi connectivity index (χ0n) is 16.9. The molecule has 2 heterocycles. The Morgan fingerprint density at radius 2 is 1.90 bits per heavy atom. The molecule has 1 N–H and O–H groups in total. The molecule has 1 aliphatic rings. The molecule has 31 heavy (non-hydrogen) atoms. The molecule has 0 unspecified atom stereocenters. The summed E-state index contributed by atoms with van der Waals surface area (Å²) in [5, 5.41) is 10.5. The molecule has 4 rings (SSSR count). The van der Waals surface area contributed by atoms with Gasteiger partial charge in [0.2, 0.25) is 0 Å². The number of halogens is 1. The molecule has 156 valence electrons. The van der Waals surface area contributed by atoms with Gasteiger partial charge in [0.05, 0.1) is 16.2 Å². The van der Waals surface area contributed by atoms with Crippen LogP contribution >= 0.6 is 11.6 Å². The summed E-state index contributed by atoms with van der Waals surface area (Å²) in [5.41, 5.74) is 3.45. The van der Waals surface area contributed by atoms with Gasteiger partial charge in [-0.1, -0.05) is 35.7 Å². The molecular weight excluding hydrogens is 414 g/mol. The van der Waals surface area contributed by atoms with Crippen LogP contribution in [0.3, 0.4) is 0 Å². The van der Waals surface area contributed by atoms with Gasteiger partial charge in [-0.25, -0.2) is 9.78 Å². The van der Waals surface area contributed by atoms with Crippen molar-refractivity contribution < 1.29 is 14.7 Å². The average molecular weight is 434 g/mol. The summed E-state index contributed by atoms with van der Waals surface area (Å²) in [4.78, 5) is 32.1. The second-order valence-corrected chi connectivity index (χ2v) is 7.93. The molecule has 0 saturated carbocycles. The number of carbonyl (C=O) groups excluding carboxylic acids is 1. The predicted molar refractivity (Wildman–Crippen MR) is 120 cm³/mol. The van der Waals surface area contributed by atoms with Crippen LogP contribution in [0.25, 0.3) is 22.2 Å². The van der Waals surface area contributed by atoms with E-state index in [0.717, 1.165) is 16.5 Å². The normalized spacial score (nSPS) is 16.2. The third-order valence-electron chi connectivity index (χ3n) is 5.51. The number of hydrogen-bond donors (Lipinski definition) is 1. The lowest BCUT2D eigenvalue weighted by Gasteiger charge is -2.38. The quantitative estimate of drug-likeness (QED) is 0.609. The molecule has 0 aliphatic carbocycles. The summed E-state index contributed by atoms with van der Waals surface area (Å²) in [6, 6.07) is 14.2. The number of rotatable bonds is 2. The standard InChI is InChI=1S/C24H20ClN3O3/c1-3-16-4-6-17(7-5-16)21-13-20(25)19-9-8-18(12-22(19)26-21)23(29)27-10-11-28(24(30)31)15(2)14-27/h1,4-9,12-13,15H,10-11,14H2,2H3,(H,30,31)/t15-/m1/s1. The highest BCUT2D eigenvalue weighted by Gasteiger charge is 2.30. The lowest BCUT2D eigenvalue weighted by Crippen LogP contribution is -2.55. The fourth-order valence-corrected chi connectivity index (χ4v) is 4.08. The van der Waals surface area contributed by atoms with E-state index in [4.69, 9.17) is 23.0 Å². The second-order valence-electron chi connectivity index (χ2n) is 7.52. The first-order chi connectivity index (χ1) is 14.9. The summed E-state index contributed by atoms with van der Waals surface area (Å²) in [7, 11) is 0. The number of carboxylic acid groups (broad SMARTS) is 1. The molecule has 0 radical (unpaired) electrons. The van der Waals surface area contributed by atoms with Crippen LogP contribution in [-0.2, 0) is 0 Å². The largest absolute Gasteiger partial charge is 0.465 e. The number of piperazine rings is 1. The third-order valence-corrected chi connectivity index (χ3v) is 5.83. The molecular formula is C24H20ClN3O3. The van der Waals surface area contributed by atoms with E-state index in [1.807, 2.05) is 24.3 Å². The van der Waals surface area contributed by atoms with Crippen LogP contribution in [0.2, 0.25) is 5.02 Å². The number of nitrogens with zero attached hydrogens (tertiary/aromatic N) is 3. The first kappa shape index (κ1) is 20.7. The van der Waals surface area contributed by atoms with Gasteiger partial charge < -0.3 is 14.9 Å². The number of hydrogen-bond acceptors (Lipinski definition) is 3. The maximum atomic E-state index is 13.1. The van der Waals surface area contributed by atoms with Gasteiger partial charge in [0, 0.05) is 47.8 Å². The minimum Gasteiger partial charge on any atom is -0.465 e. The fraction of sp³-hybridized carbons (Fsp3) is 0.208. The number of benzene rings is 2. The number of carbonyl (C=O) groups is 2. The molecule has 3 aromatic rings. The van der Waals surface area contributed by atoms with Crippen molar-refractivity contribution in [1.82, 2.24) is 14.8 Å². The number of aromatic nitrogens is 1. The molecule has 1 atom stereocenters. The van der Waals surface area contributed by atoms with Crippen LogP contribution in [-0.4, -0.2) is 57.6 Å². The lowest BCUT2D eigenvalue weighted by molar-refractivity contribution is 0.0507. The topological polar surface area (TPSA) is 73.7 Å². The second kappa shape index (κ2) is 8.29. The van der Waals surface area contributed by atoms with Crippen molar-refractivity contribution in [2.24, 2.45) is 0 Å². The van der Waals surface area contributed by atoms with Gasteiger partial charge >= 0.3 is 6.09 Å². The molecule has 1 fully saturated rings.